The molecule has 4 aliphatic rings. The number of carbonyl (C=O) groups is 5. The summed E-state index contributed by atoms with van der Waals surface area (Å²) in [5.74, 6) is -4.06. The zero-order chi connectivity index (χ0) is 31.6. The molecular formula is C37H29NO7. The highest BCUT2D eigenvalue weighted by atomic mass is 16.5. The Bertz CT molecular complexity index is 1920. The molecule has 224 valence electrons. The normalized spacial score (nSPS) is 24.1. The average molecular weight is 600 g/mol. The summed E-state index contributed by atoms with van der Waals surface area (Å²) in [4.78, 5) is 69.2. The second kappa shape index (κ2) is 10.7. The van der Waals surface area contributed by atoms with Gasteiger partial charge in [0.05, 0.1) is 24.6 Å². The van der Waals surface area contributed by atoms with E-state index in [-0.39, 0.29) is 47.4 Å². The molecule has 1 N–H and O–H groups in total. The van der Waals surface area contributed by atoms with E-state index in [2.05, 4.69) is 0 Å². The number of nitrogens with zero attached hydrogens (tertiary/aromatic N) is 1. The van der Waals surface area contributed by atoms with Crippen LogP contribution in [0.2, 0.25) is 0 Å². The van der Waals surface area contributed by atoms with Gasteiger partial charge < -0.3 is 9.84 Å². The van der Waals surface area contributed by atoms with E-state index in [1.807, 2.05) is 12.1 Å². The van der Waals surface area contributed by atoms with Gasteiger partial charge in [-0.05, 0) is 68.2 Å². The lowest BCUT2D eigenvalue weighted by Crippen LogP contribution is -2.40. The smallest absolute Gasteiger partial charge is 0.238 e. The summed E-state index contributed by atoms with van der Waals surface area (Å²) in [5, 5.41) is 11.1. The number of fused-ring (bicyclic) bond motifs is 3. The summed E-state index contributed by atoms with van der Waals surface area (Å²) in [7, 11) is 1.47. The van der Waals surface area contributed by atoms with Crippen molar-refractivity contribution in [2.45, 2.75) is 25.7 Å². The van der Waals surface area contributed by atoms with Crippen LogP contribution in [0.15, 0.2) is 107 Å². The van der Waals surface area contributed by atoms with Gasteiger partial charge in [-0.1, -0.05) is 48.0 Å². The lowest BCUT2D eigenvalue weighted by atomic mass is 9.59. The Morgan fingerprint density at radius 2 is 1.58 bits per heavy atom. The molecule has 4 atom stereocenters. The van der Waals surface area contributed by atoms with E-state index in [0.717, 1.165) is 5.57 Å². The number of aromatic hydroxyl groups is 1. The molecule has 1 heterocycles. The van der Waals surface area contributed by atoms with Gasteiger partial charge >= 0.3 is 0 Å². The summed E-state index contributed by atoms with van der Waals surface area (Å²) in [5.41, 5.74) is 3.29. The van der Waals surface area contributed by atoms with Crippen LogP contribution in [0.1, 0.15) is 47.2 Å². The number of phenolic OH excluding ortho intramolecular Hbond substituents is 1. The minimum Gasteiger partial charge on any atom is -0.507 e. The number of hydrogen-bond acceptors (Lipinski definition) is 7. The number of methoxy groups -OCH3 is 1. The molecule has 1 fully saturated rings. The second-order valence-electron chi connectivity index (χ2n) is 11.9. The number of benzene rings is 3. The SMILES string of the molecule is COc1cccc(O)c1C1C2=CCC3C(=O)N(c4ccc(C(=O)c5ccccc5)cc4)C(=O)C3C2CC2=C1C(=O)C=C(C)C2=O. The third-order valence-corrected chi connectivity index (χ3v) is 9.54. The molecule has 8 heteroatoms. The molecule has 0 bridgehead atoms. The zero-order valence-electron chi connectivity index (χ0n) is 24.7. The Morgan fingerprint density at radius 3 is 2.29 bits per heavy atom. The molecule has 0 spiro atoms. The molecule has 45 heavy (non-hydrogen) atoms. The molecule has 7 rings (SSSR count). The minimum atomic E-state index is -0.822. The molecule has 0 aromatic heterocycles. The molecule has 8 nitrogen and oxygen atoms in total. The van der Waals surface area contributed by atoms with Crippen molar-refractivity contribution in [3.63, 3.8) is 0 Å². The van der Waals surface area contributed by atoms with Crippen molar-refractivity contribution in [3.05, 3.63) is 124 Å². The first-order valence-electron chi connectivity index (χ1n) is 14.8. The molecule has 0 radical (unpaired) electrons. The molecule has 3 aliphatic carbocycles. The van der Waals surface area contributed by atoms with Crippen molar-refractivity contribution in [2.24, 2.45) is 17.8 Å². The van der Waals surface area contributed by atoms with E-state index in [1.165, 1.54) is 24.2 Å². The Balaban J connectivity index is 1.28. The van der Waals surface area contributed by atoms with Crippen LogP contribution in [0.4, 0.5) is 5.69 Å². The number of hydrogen-bond donors (Lipinski definition) is 1. The van der Waals surface area contributed by atoms with Crippen LogP contribution in [-0.4, -0.2) is 41.4 Å². The van der Waals surface area contributed by atoms with Gasteiger partial charge in [0.2, 0.25) is 11.8 Å². The third-order valence-electron chi connectivity index (χ3n) is 9.54. The number of allylic oxidation sites excluding steroid dienone is 6. The van der Waals surface area contributed by atoms with E-state index in [1.54, 1.807) is 67.6 Å². The van der Waals surface area contributed by atoms with Gasteiger partial charge in [0.15, 0.2) is 17.3 Å². The van der Waals surface area contributed by atoms with Gasteiger partial charge in [0, 0.05) is 39.3 Å². The number of imide groups is 1. The molecular weight excluding hydrogens is 570 g/mol. The van der Waals surface area contributed by atoms with E-state index >= 15 is 0 Å². The summed E-state index contributed by atoms with van der Waals surface area (Å²) in [6.07, 6.45) is 3.60. The topological polar surface area (TPSA) is 118 Å². The van der Waals surface area contributed by atoms with Crippen LogP contribution in [0, 0.1) is 17.8 Å². The maximum absolute atomic E-state index is 14.2. The van der Waals surface area contributed by atoms with Crippen LogP contribution in [0.5, 0.6) is 11.5 Å². The highest BCUT2D eigenvalue weighted by Crippen LogP contribution is 2.57. The lowest BCUT2D eigenvalue weighted by Gasteiger charge is -2.42. The first kappa shape index (κ1) is 28.4. The summed E-state index contributed by atoms with van der Waals surface area (Å²) >= 11 is 0. The number of rotatable bonds is 5. The van der Waals surface area contributed by atoms with Crippen LogP contribution in [-0.2, 0) is 19.2 Å². The maximum Gasteiger partial charge on any atom is 0.238 e. The Morgan fingerprint density at radius 1 is 0.867 bits per heavy atom. The van der Waals surface area contributed by atoms with Crippen LogP contribution in [0.25, 0.3) is 0 Å². The van der Waals surface area contributed by atoms with Crippen molar-refractivity contribution in [1.82, 2.24) is 0 Å². The predicted octanol–water partition coefficient (Wildman–Crippen LogP) is 5.27. The molecule has 1 saturated heterocycles. The fourth-order valence-electron chi connectivity index (χ4n) is 7.49. The fourth-order valence-corrected chi connectivity index (χ4v) is 7.49. The summed E-state index contributed by atoms with van der Waals surface area (Å²) < 4.78 is 5.60. The number of Topliss-reactive ketones (excluding diaryl/α,β-unsaturated/α-hetero) is 1. The quantitative estimate of drug-likeness (QED) is 0.184. The maximum atomic E-state index is 14.2. The Hall–Kier alpha value is -5.37. The van der Waals surface area contributed by atoms with E-state index in [4.69, 9.17) is 4.74 Å². The molecule has 2 amide bonds. The van der Waals surface area contributed by atoms with Crippen LogP contribution >= 0.6 is 0 Å². The van der Waals surface area contributed by atoms with Gasteiger partial charge in [-0.2, -0.15) is 0 Å². The molecule has 4 unspecified atom stereocenters. The second-order valence-corrected chi connectivity index (χ2v) is 11.9. The van der Waals surface area contributed by atoms with Crippen molar-refractivity contribution < 1.29 is 33.8 Å². The molecule has 0 saturated carbocycles. The van der Waals surface area contributed by atoms with Crippen molar-refractivity contribution >= 4 is 34.9 Å². The van der Waals surface area contributed by atoms with Gasteiger partial charge in [-0.15, -0.1) is 0 Å². The molecule has 3 aromatic carbocycles. The highest BCUT2D eigenvalue weighted by molar-refractivity contribution is 6.25. The monoisotopic (exact) mass is 599 g/mol. The number of ketones is 3. The highest BCUT2D eigenvalue weighted by Gasteiger charge is 2.57. The van der Waals surface area contributed by atoms with Gasteiger partial charge in [0.1, 0.15) is 11.5 Å². The van der Waals surface area contributed by atoms with Gasteiger partial charge in [0.25, 0.3) is 0 Å². The number of anilines is 1. The first-order chi connectivity index (χ1) is 21.7. The molecule has 1 aliphatic heterocycles. The van der Waals surface area contributed by atoms with E-state index in [0.29, 0.717) is 39.3 Å². The number of amides is 2. The third kappa shape index (κ3) is 4.31. The van der Waals surface area contributed by atoms with Crippen molar-refractivity contribution in [2.75, 3.05) is 12.0 Å². The summed E-state index contributed by atoms with van der Waals surface area (Å²) in [6, 6.07) is 20.1. The lowest BCUT2D eigenvalue weighted by molar-refractivity contribution is -0.123. The van der Waals surface area contributed by atoms with E-state index in [9.17, 15) is 29.1 Å². The van der Waals surface area contributed by atoms with Crippen LogP contribution < -0.4 is 9.64 Å². The Kier molecular flexibility index (Phi) is 6.73. The number of carbonyl (C=O) groups excluding carboxylic acids is 5. The Labute approximate surface area is 259 Å². The summed E-state index contributed by atoms with van der Waals surface area (Å²) in [6.45, 7) is 1.59. The standard InChI is InChI=1S/C37H29NO7/c1-19-17-28(40)31-26(34(19)41)18-25-23(32(31)33-27(39)9-6-10-29(33)45-2)15-16-24-30(25)37(44)38(36(24)43)22-13-11-21(12-14-22)35(42)20-7-4-3-5-8-20/h3-15,17,24-25,30,32,39H,16,18H2,1-2H3. The average Bonchev–Trinajstić information content (AvgIpc) is 3.32. The largest absolute Gasteiger partial charge is 0.507 e. The number of ether oxygens (including phenoxy) is 1. The number of phenols is 1. The fraction of sp³-hybridized carbons (Fsp3) is 0.216. The van der Waals surface area contributed by atoms with Crippen LogP contribution in [0.3, 0.4) is 0 Å². The van der Waals surface area contributed by atoms with Crippen molar-refractivity contribution in [1.29, 1.82) is 0 Å². The van der Waals surface area contributed by atoms with E-state index < -0.39 is 29.6 Å². The predicted molar refractivity (Wildman–Crippen MR) is 165 cm³/mol. The van der Waals surface area contributed by atoms with Crippen molar-refractivity contribution in [3.8, 4) is 11.5 Å². The first-order valence-corrected chi connectivity index (χ1v) is 14.8. The van der Waals surface area contributed by atoms with Gasteiger partial charge in [-0.3, -0.25) is 28.9 Å². The minimum absolute atomic E-state index is 0.0954. The van der Waals surface area contributed by atoms with Gasteiger partial charge in [-0.25, -0.2) is 0 Å². The molecule has 3 aromatic rings. The zero-order valence-corrected chi connectivity index (χ0v) is 24.7.